The summed E-state index contributed by atoms with van der Waals surface area (Å²) in [7, 11) is 0. The first-order valence-electron chi connectivity index (χ1n) is 7.13. The van der Waals surface area contributed by atoms with Crippen LogP contribution in [0.2, 0.25) is 0 Å². The van der Waals surface area contributed by atoms with Crippen LogP contribution in [0.4, 0.5) is 5.69 Å². The zero-order valence-electron chi connectivity index (χ0n) is 12.5. The summed E-state index contributed by atoms with van der Waals surface area (Å²) >= 11 is 0. The van der Waals surface area contributed by atoms with Gasteiger partial charge in [0.15, 0.2) is 0 Å². The topological polar surface area (TPSA) is 88.6 Å². The van der Waals surface area contributed by atoms with Crippen LogP contribution in [-0.2, 0) is 17.8 Å². The summed E-state index contributed by atoms with van der Waals surface area (Å²) in [5, 5.41) is 2.61. The van der Waals surface area contributed by atoms with Crippen LogP contribution in [0.1, 0.15) is 21.7 Å². The number of halogens is 1. The number of amides is 2. The molecular weight excluding hydrogens is 318 g/mol. The summed E-state index contributed by atoms with van der Waals surface area (Å²) in [4.78, 5) is 25.9. The molecule has 23 heavy (non-hydrogen) atoms. The van der Waals surface area contributed by atoms with Gasteiger partial charge in [0.25, 0.3) is 5.91 Å². The lowest BCUT2D eigenvalue weighted by Crippen LogP contribution is -2.39. The van der Waals surface area contributed by atoms with Crippen LogP contribution < -0.4 is 16.0 Å². The molecule has 0 unspecified atom stereocenters. The molecule has 1 aromatic carbocycles. The van der Waals surface area contributed by atoms with Crippen molar-refractivity contribution in [2.75, 3.05) is 18.0 Å². The van der Waals surface area contributed by atoms with E-state index in [0.717, 1.165) is 17.7 Å². The minimum absolute atomic E-state index is 0. The van der Waals surface area contributed by atoms with Crippen LogP contribution in [0.25, 0.3) is 0 Å². The summed E-state index contributed by atoms with van der Waals surface area (Å²) < 4.78 is 5.11. The molecule has 0 aliphatic carbocycles. The molecule has 0 spiro atoms. The summed E-state index contributed by atoms with van der Waals surface area (Å²) in [5.41, 5.74) is 7.88. The lowest BCUT2D eigenvalue weighted by Gasteiger charge is -2.17. The number of hydrogen-bond acceptors (Lipinski definition) is 4. The van der Waals surface area contributed by atoms with Crippen LogP contribution in [0.15, 0.2) is 41.0 Å². The van der Waals surface area contributed by atoms with Crippen LogP contribution >= 0.6 is 12.4 Å². The molecule has 0 saturated carbocycles. The SMILES string of the molecule is Cl.NCc1cc(C(=O)NCC(=O)N2CCc3ccccc32)co1. The minimum atomic E-state index is -0.343. The van der Waals surface area contributed by atoms with Crippen LogP contribution in [0, 0.1) is 0 Å². The maximum absolute atomic E-state index is 12.3. The van der Waals surface area contributed by atoms with Crippen molar-refractivity contribution in [2.24, 2.45) is 5.73 Å². The third kappa shape index (κ3) is 3.55. The van der Waals surface area contributed by atoms with E-state index in [0.29, 0.717) is 17.9 Å². The summed E-state index contributed by atoms with van der Waals surface area (Å²) in [6.45, 7) is 0.837. The first kappa shape index (κ1) is 17.1. The van der Waals surface area contributed by atoms with Crippen molar-refractivity contribution in [1.29, 1.82) is 0 Å². The van der Waals surface area contributed by atoms with E-state index in [-0.39, 0.29) is 37.3 Å². The number of hydrogen-bond donors (Lipinski definition) is 2. The molecule has 2 heterocycles. The Hall–Kier alpha value is -2.31. The monoisotopic (exact) mass is 335 g/mol. The predicted octanol–water partition coefficient (Wildman–Crippen LogP) is 1.48. The molecular formula is C16H18ClN3O3. The standard InChI is InChI=1S/C16H17N3O3.ClH/c17-8-13-7-12(10-22-13)16(21)18-9-15(20)19-6-5-11-3-1-2-4-14(11)19;/h1-4,7,10H,5-6,8-9,17H2,(H,18,21);1H. The number of carbonyl (C=O) groups excluding carboxylic acids is 2. The average molecular weight is 336 g/mol. The third-order valence-corrected chi connectivity index (χ3v) is 3.71. The van der Waals surface area contributed by atoms with Gasteiger partial charge in [0.2, 0.25) is 5.91 Å². The minimum Gasteiger partial charge on any atom is -0.467 e. The van der Waals surface area contributed by atoms with E-state index in [9.17, 15) is 9.59 Å². The number of para-hydroxylation sites is 1. The zero-order valence-corrected chi connectivity index (χ0v) is 13.3. The molecule has 0 fully saturated rings. The second-order valence-corrected chi connectivity index (χ2v) is 5.11. The van der Waals surface area contributed by atoms with Crippen molar-refractivity contribution < 1.29 is 14.0 Å². The lowest BCUT2D eigenvalue weighted by molar-refractivity contribution is -0.117. The number of rotatable bonds is 4. The van der Waals surface area contributed by atoms with Gasteiger partial charge in [-0.25, -0.2) is 0 Å². The molecule has 3 rings (SSSR count). The fourth-order valence-corrected chi connectivity index (χ4v) is 2.56. The quantitative estimate of drug-likeness (QED) is 0.885. The van der Waals surface area contributed by atoms with Gasteiger partial charge >= 0.3 is 0 Å². The molecule has 2 aromatic rings. The van der Waals surface area contributed by atoms with Crippen LogP contribution in [-0.4, -0.2) is 24.9 Å². The van der Waals surface area contributed by atoms with Gasteiger partial charge in [0.05, 0.1) is 18.7 Å². The molecule has 0 atom stereocenters. The molecule has 1 aliphatic heterocycles. The fraction of sp³-hybridized carbons (Fsp3) is 0.250. The highest BCUT2D eigenvalue weighted by Crippen LogP contribution is 2.27. The summed E-state index contributed by atoms with van der Waals surface area (Å²) in [6.07, 6.45) is 2.19. The van der Waals surface area contributed by atoms with E-state index in [1.165, 1.54) is 6.26 Å². The molecule has 1 aliphatic rings. The van der Waals surface area contributed by atoms with Crippen molar-refractivity contribution >= 4 is 29.9 Å². The van der Waals surface area contributed by atoms with Crippen LogP contribution in [0.3, 0.4) is 0 Å². The number of anilines is 1. The largest absolute Gasteiger partial charge is 0.467 e. The summed E-state index contributed by atoms with van der Waals surface area (Å²) in [5.74, 6) is 0.0649. The van der Waals surface area contributed by atoms with Gasteiger partial charge in [0.1, 0.15) is 12.0 Å². The Kier molecular flexibility index (Phi) is 5.41. The van der Waals surface area contributed by atoms with E-state index < -0.39 is 0 Å². The van der Waals surface area contributed by atoms with Crippen molar-refractivity contribution in [3.05, 3.63) is 53.5 Å². The van der Waals surface area contributed by atoms with Gasteiger partial charge < -0.3 is 20.4 Å². The number of nitrogens with two attached hydrogens (primary N) is 1. The zero-order chi connectivity index (χ0) is 15.5. The van der Waals surface area contributed by atoms with Gasteiger partial charge in [0, 0.05) is 12.2 Å². The van der Waals surface area contributed by atoms with E-state index in [1.807, 2.05) is 24.3 Å². The molecule has 3 N–H and O–H groups in total. The average Bonchev–Trinajstić information content (AvgIpc) is 3.18. The number of carbonyl (C=O) groups is 2. The van der Waals surface area contributed by atoms with Gasteiger partial charge in [-0.15, -0.1) is 12.4 Å². The fourth-order valence-electron chi connectivity index (χ4n) is 2.56. The highest BCUT2D eigenvalue weighted by atomic mass is 35.5. The molecule has 0 saturated heterocycles. The highest BCUT2D eigenvalue weighted by Gasteiger charge is 2.24. The highest BCUT2D eigenvalue weighted by molar-refractivity contribution is 6.01. The molecule has 2 amide bonds. The van der Waals surface area contributed by atoms with Crippen LogP contribution in [0.5, 0.6) is 0 Å². The number of fused-ring (bicyclic) bond motifs is 1. The molecule has 0 radical (unpaired) electrons. The van der Waals surface area contributed by atoms with Gasteiger partial charge in [-0.1, -0.05) is 18.2 Å². The van der Waals surface area contributed by atoms with Crippen molar-refractivity contribution in [2.45, 2.75) is 13.0 Å². The van der Waals surface area contributed by atoms with E-state index in [1.54, 1.807) is 11.0 Å². The second-order valence-electron chi connectivity index (χ2n) is 5.11. The Bertz CT molecular complexity index is 714. The molecule has 7 heteroatoms. The Morgan fingerprint density at radius 2 is 2.09 bits per heavy atom. The van der Waals surface area contributed by atoms with Gasteiger partial charge in [-0.05, 0) is 24.1 Å². The van der Waals surface area contributed by atoms with E-state index in [4.69, 9.17) is 10.2 Å². The lowest BCUT2D eigenvalue weighted by atomic mass is 10.2. The maximum atomic E-state index is 12.3. The number of furan rings is 1. The first-order chi connectivity index (χ1) is 10.7. The van der Waals surface area contributed by atoms with Crippen molar-refractivity contribution in [3.8, 4) is 0 Å². The van der Waals surface area contributed by atoms with E-state index in [2.05, 4.69) is 5.32 Å². The Labute approximate surface area is 140 Å². The molecule has 122 valence electrons. The van der Waals surface area contributed by atoms with E-state index >= 15 is 0 Å². The number of benzene rings is 1. The Morgan fingerprint density at radius 3 is 2.83 bits per heavy atom. The predicted molar refractivity (Wildman–Crippen MR) is 88.7 cm³/mol. The number of nitrogens with zero attached hydrogens (tertiary/aromatic N) is 1. The Balaban J connectivity index is 0.00000192. The first-order valence-corrected chi connectivity index (χ1v) is 7.13. The third-order valence-electron chi connectivity index (χ3n) is 3.71. The molecule has 0 bridgehead atoms. The number of nitrogens with one attached hydrogen (secondary N) is 1. The van der Waals surface area contributed by atoms with Gasteiger partial charge in [-0.2, -0.15) is 0 Å². The maximum Gasteiger partial charge on any atom is 0.254 e. The smallest absolute Gasteiger partial charge is 0.254 e. The van der Waals surface area contributed by atoms with Crippen molar-refractivity contribution in [3.63, 3.8) is 0 Å². The normalized spacial score (nSPS) is 12.5. The second kappa shape index (κ2) is 7.30. The molecule has 1 aromatic heterocycles. The summed E-state index contributed by atoms with van der Waals surface area (Å²) in [6, 6.07) is 9.38. The van der Waals surface area contributed by atoms with Crippen molar-refractivity contribution in [1.82, 2.24) is 5.32 Å². The van der Waals surface area contributed by atoms with Gasteiger partial charge in [-0.3, -0.25) is 9.59 Å². The Morgan fingerprint density at radius 1 is 1.30 bits per heavy atom. The molecule has 6 nitrogen and oxygen atoms in total.